The van der Waals surface area contributed by atoms with Crippen molar-refractivity contribution in [2.45, 2.75) is 32.7 Å². The zero-order valence-corrected chi connectivity index (χ0v) is 13.3. The number of hydrogen-bond acceptors (Lipinski definition) is 3. The summed E-state index contributed by atoms with van der Waals surface area (Å²) in [5.41, 5.74) is 1.98. The first-order chi connectivity index (χ1) is 10.6. The van der Waals surface area contributed by atoms with E-state index in [1.807, 2.05) is 37.3 Å². The van der Waals surface area contributed by atoms with Crippen LogP contribution in [0, 0.1) is 0 Å². The van der Waals surface area contributed by atoms with Crippen LogP contribution in [0.3, 0.4) is 0 Å². The Balaban J connectivity index is 2.34. The molecule has 0 aromatic heterocycles. The fourth-order valence-electron chi connectivity index (χ4n) is 2.38. The van der Waals surface area contributed by atoms with Crippen LogP contribution in [-0.2, 0) is 9.53 Å². The minimum atomic E-state index is -0.473. The van der Waals surface area contributed by atoms with Gasteiger partial charge in [0.25, 0.3) is 0 Å². The average Bonchev–Trinajstić information content (AvgIpc) is 2.53. The van der Waals surface area contributed by atoms with E-state index in [2.05, 4.69) is 5.32 Å². The van der Waals surface area contributed by atoms with Gasteiger partial charge in [-0.25, -0.2) is 9.59 Å². The number of benzene rings is 1. The number of nitrogens with zero attached hydrogens (tertiary/aromatic N) is 1. The smallest absolute Gasteiger partial charge is 0.338 e. The van der Waals surface area contributed by atoms with Gasteiger partial charge in [-0.2, -0.15) is 0 Å². The number of carbonyl (C=O) groups is 2. The molecule has 0 radical (unpaired) electrons. The van der Waals surface area contributed by atoms with Gasteiger partial charge in [0.1, 0.15) is 0 Å². The zero-order chi connectivity index (χ0) is 16.1. The highest BCUT2D eigenvalue weighted by atomic mass is 16.5. The van der Waals surface area contributed by atoms with Crippen molar-refractivity contribution in [3.8, 4) is 0 Å². The van der Waals surface area contributed by atoms with Gasteiger partial charge in [0, 0.05) is 12.7 Å². The largest absolute Gasteiger partial charge is 0.462 e. The maximum Gasteiger partial charge on any atom is 0.338 e. The number of hydrogen-bond donors (Lipinski definition) is 1. The van der Waals surface area contributed by atoms with E-state index < -0.39 is 6.04 Å². The lowest BCUT2D eigenvalue weighted by atomic mass is 9.95. The Kier molecular flexibility index (Phi) is 5.20. The summed E-state index contributed by atoms with van der Waals surface area (Å²) >= 11 is 0. The molecule has 0 saturated carbocycles. The number of rotatable bonds is 5. The molecule has 1 aliphatic heterocycles. The summed E-state index contributed by atoms with van der Waals surface area (Å²) in [7, 11) is 1.64. The van der Waals surface area contributed by atoms with Crippen LogP contribution in [0.4, 0.5) is 4.79 Å². The van der Waals surface area contributed by atoms with Crippen molar-refractivity contribution in [3.63, 3.8) is 0 Å². The Morgan fingerprint density at radius 2 is 2.00 bits per heavy atom. The second-order valence-electron chi connectivity index (χ2n) is 5.34. The van der Waals surface area contributed by atoms with Gasteiger partial charge in [-0.1, -0.05) is 43.7 Å². The molecule has 0 saturated heterocycles. The lowest BCUT2D eigenvalue weighted by Crippen LogP contribution is -2.46. The van der Waals surface area contributed by atoms with Crippen molar-refractivity contribution in [1.29, 1.82) is 0 Å². The fourth-order valence-corrected chi connectivity index (χ4v) is 2.38. The van der Waals surface area contributed by atoms with E-state index >= 15 is 0 Å². The average molecular weight is 302 g/mol. The van der Waals surface area contributed by atoms with Gasteiger partial charge >= 0.3 is 12.0 Å². The molecule has 1 aliphatic rings. The predicted molar refractivity (Wildman–Crippen MR) is 84.0 cm³/mol. The highest BCUT2D eigenvalue weighted by Crippen LogP contribution is 2.30. The van der Waals surface area contributed by atoms with E-state index in [-0.39, 0.29) is 12.0 Å². The van der Waals surface area contributed by atoms with Gasteiger partial charge in [-0.3, -0.25) is 0 Å². The molecule has 118 valence electrons. The third-order valence-electron chi connectivity index (χ3n) is 3.84. The molecule has 0 unspecified atom stereocenters. The van der Waals surface area contributed by atoms with Crippen molar-refractivity contribution >= 4 is 12.0 Å². The molecule has 5 nitrogen and oxygen atoms in total. The number of allylic oxidation sites excluding steroid dienone is 1. The molecule has 1 heterocycles. The van der Waals surface area contributed by atoms with Gasteiger partial charge in [0.2, 0.25) is 0 Å². The Morgan fingerprint density at radius 3 is 2.64 bits per heavy atom. The number of unbranched alkanes of at least 4 members (excludes halogenated alkanes) is 1. The second kappa shape index (κ2) is 7.11. The molecular weight excluding hydrogens is 280 g/mol. The summed E-state index contributed by atoms with van der Waals surface area (Å²) in [6.07, 6.45) is 1.79. The molecular formula is C17H22N2O3. The highest BCUT2D eigenvalue weighted by Gasteiger charge is 2.34. The van der Waals surface area contributed by atoms with Crippen LogP contribution in [0.15, 0.2) is 41.6 Å². The highest BCUT2D eigenvalue weighted by molar-refractivity contribution is 5.94. The third kappa shape index (κ3) is 3.30. The molecule has 2 rings (SSSR count). The normalized spacial score (nSPS) is 18.2. The van der Waals surface area contributed by atoms with Crippen LogP contribution in [-0.4, -0.2) is 30.6 Å². The Bertz CT molecular complexity index is 581. The lowest BCUT2D eigenvalue weighted by Gasteiger charge is -2.33. The second-order valence-corrected chi connectivity index (χ2v) is 5.34. The first-order valence-electron chi connectivity index (χ1n) is 7.53. The molecule has 0 aliphatic carbocycles. The van der Waals surface area contributed by atoms with Crippen LogP contribution < -0.4 is 5.32 Å². The van der Waals surface area contributed by atoms with E-state index in [1.165, 1.54) is 4.90 Å². The third-order valence-corrected chi connectivity index (χ3v) is 3.84. The number of ether oxygens (including phenoxy) is 1. The van der Waals surface area contributed by atoms with Crippen LogP contribution in [0.5, 0.6) is 0 Å². The topological polar surface area (TPSA) is 58.6 Å². The summed E-state index contributed by atoms with van der Waals surface area (Å²) in [4.78, 5) is 25.9. The number of nitrogens with one attached hydrogen (secondary N) is 1. The molecule has 2 amide bonds. The van der Waals surface area contributed by atoms with Crippen molar-refractivity contribution in [3.05, 3.63) is 47.2 Å². The minimum absolute atomic E-state index is 0.225. The first kappa shape index (κ1) is 16.1. The molecule has 5 heteroatoms. The van der Waals surface area contributed by atoms with Crippen molar-refractivity contribution in [1.82, 2.24) is 10.2 Å². The van der Waals surface area contributed by atoms with E-state index in [4.69, 9.17) is 4.74 Å². The van der Waals surface area contributed by atoms with Crippen molar-refractivity contribution in [2.24, 2.45) is 0 Å². The van der Waals surface area contributed by atoms with Crippen molar-refractivity contribution in [2.75, 3.05) is 13.7 Å². The Hall–Kier alpha value is -2.30. The number of esters is 1. The predicted octanol–water partition coefficient (Wildman–Crippen LogP) is 3.00. The lowest BCUT2D eigenvalue weighted by molar-refractivity contribution is -0.139. The standard InChI is InChI=1S/C17H22N2O3/c1-4-5-11-22-16(20)14-12(2)19(3)17(21)18-15(14)13-9-7-6-8-10-13/h6-10,15H,4-5,11H2,1-3H3,(H,18,21)/t15-/m1/s1. The van der Waals surface area contributed by atoms with Crippen LogP contribution >= 0.6 is 0 Å². The number of urea groups is 1. The monoisotopic (exact) mass is 302 g/mol. The van der Waals surface area contributed by atoms with E-state index in [1.54, 1.807) is 14.0 Å². The van der Waals surface area contributed by atoms with Crippen LogP contribution in [0.1, 0.15) is 38.3 Å². The molecule has 0 bridgehead atoms. The molecule has 1 aromatic rings. The molecule has 1 N–H and O–H groups in total. The Morgan fingerprint density at radius 1 is 1.32 bits per heavy atom. The van der Waals surface area contributed by atoms with Gasteiger partial charge in [-0.15, -0.1) is 0 Å². The molecule has 1 atom stereocenters. The van der Waals surface area contributed by atoms with Crippen LogP contribution in [0.25, 0.3) is 0 Å². The minimum Gasteiger partial charge on any atom is -0.462 e. The first-order valence-corrected chi connectivity index (χ1v) is 7.53. The van der Waals surface area contributed by atoms with Gasteiger partial charge in [-0.05, 0) is 18.9 Å². The van der Waals surface area contributed by atoms with Gasteiger partial charge in [0.05, 0.1) is 18.2 Å². The van der Waals surface area contributed by atoms with Gasteiger partial charge < -0.3 is 15.0 Å². The summed E-state index contributed by atoms with van der Waals surface area (Å²) in [5, 5.41) is 2.86. The van der Waals surface area contributed by atoms with Gasteiger partial charge in [0.15, 0.2) is 0 Å². The summed E-state index contributed by atoms with van der Waals surface area (Å²) in [6, 6.07) is 8.75. The zero-order valence-electron chi connectivity index (χ0n) is 13.3. The van der Waals surface area contributed by atoms with Crippen molar-refractivity contribution < 1.29 is 14.3 Å². The molecule has 0 spiro atoms. The number of amides is 2. The maximum atomic E-state index is 12.5. The maximum absolute atomic E-state index is 12.5. The SMILES string of the molecule is CCCCOC(=O)C1=C(C)N(C)C(=O)N[C@@H]1c1ccccc1. The summed E-state index contributed by atoms with van der Waals surface area (Å²) in [5.74, 6) is -0.369. The molecule has 0 fully saturated rings. The van der Waals surface area contributed by atoms with E-state index in [0.717, 1.165) is 18.4 Å². The Labute approximate surface area is 130 Å². The summed E-state index contributed by atoms with van der Waals surface area (Å²) < 4.78 is 5.35. The number of carbonyl (C=O) groups excluding carboxylic acids is 2. The van der Waals surface area contributed by atoms with E-state index in [0.29, 0.717) is 17.9 Å². The summed E-state index contributed by atoms with van der Waals surface area (Å²) in [6.45, 7) is 4.20. The van der Waals surface area contributed by atoms with E-state index in [9.17, 15) is 9.59 Å². The fraction of sp³-hybridized carbons (Fsp3) is 0.412. The molecule has 1 aromatic carbocycles. The quantitative estimate of drug-likeness (QED) is 0.672. The van der Waals surface area contributed by atoms with Crippen LogP contribution in [0.2, 0.25) is 0 Å². The molecule has 22 heavy (non-hydrogen) atoms.